The van der Waals surface area contributed by atoms with E-state index in [2.05, 4.69) is 35.6 Å². The molecule has 0 aliphatic carbocycles. The molecule has 0 bridgehead atoms. The van der Waals surface area contributed by atoms with Crippen LogP contribution in [0.2, 0.25) is 0 Å². The van der Waals surface area contributed by atoms with Crippen LogP contribution in [0.5, 0.6) is 0 Å². The monoisotopic (exact) mass is 408 g/mol. The van der Waals surface area contributed by atoms with E-state index >= 15 is 0 Å². The van der Waals surface area contributed by atoms with Crippen molar-refractivity contribution >= 4 is 24.1 Å². The molecule has 8 nitrogen and oxygen atoms in total. The summed E-state index contributed by atoms with van der Waals surface area (Å²) in [5, 5.41) is 10.4. The highest BCUT2D eigenvalue weighted by Crippen LogP contribution is 2.22. The van der Waals surface area contributed by atoms with Gasteiger partial charge in [-0.25, -0.2) is 9.97 Å². The fraction of sp³-hybridized carbons (Fsp3) is 0.0435. The number of pyridine rings is 2. The van der Waals surface area contributed by atoms with Crippen LogP contribution in [0, 0.1) is 0 Å². The predicted molar refractivity (Wildman–Crippen MR) is 123 cm³/mol. The van der Waals surface area contributed by atoms with E-state index in [4.69, 9.17) is 0 Å². The van der Waals surface area contributed by atoms with Gasteiger partial charge in [0.1, 0.15) is 0 Å². The Balaban J connectivity index is 1.61. The molecule has 152 valence electrons. The highest BCUT2D eigenvalue weighted by molar-refractivity contribution is 5.78. The van der Waals surface area contributed by atoms with Gasteiger partial charge < -0.3 is 0 Å². The summed E-state index contributed by atoms with van der Waals surface area (Å²) < 4.78 is 0. The molecule has 0 unspecified atom stereocenters. The van der Waals surface area contributed by atoms with Gasteiger partial charge in [-0.2, -0.15) is 10.2 Å². The molecule has 31 heavy (non-hydrogen) atoms. The first-order valence-corrected chi connectivity index (χ1v) is 9.61. The van der Waals surface area contributed by atoms with Gasteiger partial charge in [-0.05, 0) is 24.3 Å². The standard InChI is InChI=1S/C23H20N8/c1-31(27-17-20-12-6-8-14-25-20)22-15-21(30-26-16-19-11-5-7-13-24-19)28-23(29-22)18-9-3-2-4-10-18/h2-17H,1H3,(H,28,29,30)/b26-16+,27-17+. The van der Waals surface area contributed by atoms with E-state index in [1.807, 2.05) is 73.8 Å². The molecule has 0 radical (unpaired) electrons. The summed E-state index contributed by atoms with van der Waals surface area (Å²) in [4.78, 5) is 17.7. The minimum Gasteiger partial charge on any atom is -0.261 e. The number of aromatic nitrogens is 4. The fourth-order valence-electron chi connectivity index (χ4n) is 2.65. The van der Waals surface area contributed by atoms with Crippen LogP contribution >= 0.6 is 0 Å². The zero-order valence-corrected chi connectivity index (χ0v) is 16.9. The third kappa shape index (κ3) is 5.54. The molecule has 0 saturated heterocycles. The number of hydrogen-bond acceptors (Lipinski definition) is 8. The van der Waals surface area contributed by atoms with Crippen molar-refractivity contribution in [3.05, 3.63) is 96.6 Å². The molecule has 4 aromatic rings. The van der Waals surface area contributed by atoms with Crippen molar-refractivity contribution in [1.82, 2.24) is 19.9 Å². The second-order valence-electron chi connectivity index (χ2n) is 6.45. The molecular formula is C23H20N8. The Morgan fingerprint density at radius 3 is 2.16 bits per heavy atom. The third-order valence-corrected chi connectivity index (χ3v) is 4.19. The Kier molecular flexibility index (Phi) is 6.30. The average molecular weight is 408 g/mol. The molecule has 0 saturated carbocycles. The van der Waals surface area contributed by atoms with Crippen molar-refractivity contribution in [1.29, 1.82) is 0 Å². The van der Waals surface area contributed by atoms with E-state index in [0.29, 0.717) is 17.5 Å². The van der Waals surface area contributed by atoms with Crippen LogP contribution in [0.25, 0.3) is 11.4 Å². The van der Waals surface area contributed by atoms with Crippen LogP contribution in [0.3, 0.4) is 0 Å². The van der Waals surface area contributed by atoms with Gasteiger partial charge in [-0.3, -0.25) is 20.4 Å². The van der Waals surface area contributed by atoms with Gasteiger partial charge >= 0.3 is 0 Å². The number of hydrogen-bond donors (Lipinski definition) is 1. The van der Waals surface area contributed by atoms with Gasteiger partial charge in [0.25, 0.3) is 0 Å². The Labute approximate surface area is 180 Å². The number of anilines is 2. The molecule has 0 amide bonds. The lowest BCUT2D eigenvalue weighted by Gasteiger charge is -2.14. The third-order valence-electron chi connectivity index (χ3n) is 4.19. The summed E-state index contributed by atoms with van der Waals surface area (Å²) in [5.41, 5.74) is 5.35. The SMILES string of the molecule is CN(/N=C/c1ccccn1)c1cc(N/N=C/c2ccccn2)nc(-c2ccccc2)n1. The quantitative estimate of drug-likeness (QED) is 0.369. The fourth-order valence-corrected chi connectivity index (χ4v) is 2.65. The lowest BCUT2D eigenvalue weighted by atomic mass is 10.2. The molecule has 0 fully saturated rings. The number of nitrogens with zero attached hydrogens (tertiary/aromatic N) is 7. The Hall–Kier alpha value is -4.46. The van der Waals surface area contributed by atoms with Crippen molar-refractivity contribution in [2.24, 2.45) is 10.2 Å². The number of benzene rings is 1. The molecule has 8 heteroatoms. The molecule has 0 aliphatic heterocycles. The van der Waals surface area contributed by atoms with Crippen molar-refractivity contribution in [3.8, 4) is 11.4 Å². The molecule has 0 atom stereocenters. The van der Waals surface area contributed by atoms with Gasteiger partial charge in [-0.1, -0.05) is 42.5 Å². The Morgan fingerprint density at radius 1 is 0.806 bits per heavy atom. The average Bonchev–Trinajstić information content (AvgIpc) is 2.84. The van der Waals surface area contributed by atoms with Crippen LogP contribution in [0.1, 0.15) is 11.4 Å². The first-order chi connectivity index (χ1) is 15.3. The summed E-state index contributed by atoms with van der Waals surface area (Å²) in [5.74, 6) is 1.71. The van der Waals surface area contributed by atoms with Crippen molar-refractivity contribution in [2.75, 3.05) is 17.5 Å². The van der Waals surface area contributed by atoms with E-state index in [0.717, 1.165) is 17.0 Å². The molecule has 0 spiro atoms. The highest BCUT2D eigenvalue weighted by Gasteiger charge is 2.09. The maximum Gasteiger partial charge on any atom is 0.164 e. The van der Waals surface area contributed by atoms with Crippen LogP contribution < -0.4 is 10.4 Å². The zero-order valence-electron chi connectivity index (χ0n) is 16.9. The van der Waals surface area contributed by atoms with E-state index < -0.39 is 0 Å². The maximum absolute atomic E-state index is 4.66. The van der Waals surface area contributed by atoms with Crippen LogP contribution in [-0.2, 0) is 0 Å². The van der Waals surface area contributed by atoms with Gasteiger partial charge in [0.2, 0.25) is 0 Å². The lowest BCUT2D eigenvalue weighted by molar-refractivity contribution is 0.968. The van der Waals surface area contributed by atoms with Gasteiger partial charge in [0, 0.05) is 31.1 Å². The molecule has 1 aromatic carbocycles. The van der Waals surface area contributed by atoms with Gasteiger partial charge in [-0.15, -0.1) is 0 Å². The first kappa shape index (κ1) is 19.8. The molecule has 1 N–H and O–H groups in total. The second-order valence-corrected chi connectivity index (χ2v) is 6.45. The Bertz CT molecular complexity index is 1160. The number of rotatable bonds is 7. The summed E-state index contributed by atoms with van der Waals surface area (Å²) in [7, 11) is 1.82. The van der Waals surface area contributed by atoms with Crippen LogP contribution in [0.4, 0.5) is 11.6 Å². The zero-order chi connectivity index (χ0) is 21.3. The molecular weight excluding hydrogens is 388 g/mol. The molecule has 0 aliphatic rings. The second kappa shape index (κ2) is 9.84. The van der Waals surface area contributed by atoms with E-state index in [-0.39, 0.29) is 0 Å². The lowest BCUT2D eigenvalue weighted by Crippen LogP contribution is -2.12. The summed E-state index contributed by atoms with van der Waals surface area (Å²) >= 11 is 0. The summed E-state index contributed by atoms with van der Waals surface area (Å²) in [6.45, 7) is 0. The maximum atomic E-state index is 4.66. The largest absolute Gasteiger partial charge is 0.261 e. The minimum absolute atomic E-state index is 0.538. The number of hydrazone groups is 2. The van der Waals surface area contributed by atoms with E-state index in [9.17, 15) is 0 Å². The van der Waals surface area contributed by atoms with E-state index in [1.165, 1.54) is 0 Å². The molecule has 4 rings (SSSR count). The van der Waals surface area contributed by atoms with Crippen molar-refractivity contribution in [3.63, 3.8) is 0 Å². The highest BCUT2D eigenvalue weighted by atomic mass is 15.5. The minimum atomic E-state index is 0.538. The van der Waals surface area contributed by atoms with Crippen molar-refractivity contribution in [2.45, 2.75) is 0 Å². The first-order valence-electron chi connectivity index (χ1n) is 9.61. The topological polar surface area (TPSA) is 91.6 Å². The normalized spacial score (nSPS) is 11.1. The van der Waals surface area contributed by atoms with Gasteiger partial charge in [0.05, 0.1) is 23.8 Å². The molecule has 3 heterocycles. The number of nitrogens with one attached hydrogen (secondary N) is 1. The van der Waals surface area contributed by atoms with E-state index in [1.54, 1.807) is 35.9 Å². The molecule has 3 aromatic heterocycles. The van der Waals surface area contributed by atoms with Crippen LogP contribution in [-0.4, -0.2) is 39.4 Å². The van der Waals surface area contributed by atoms with Crippen LogP contribution in [0.15, 0.2) is 95.4 Å². The Morgan fingerprint density at radius 2 is 1.48 bits per heavy atom. The summed E-state index contributed by atoms with van der Waals surface area (Å²) in [6, 6.07) is 22.8. The van der Waals surface area contributed by atoms with Gasteiger partial charge in [0.15, 0.2) is 17.5 Å². The summed E-state index contributed by atoms with van der Waals surface area (Å²) in [6.07, 6.45) is 6.75. The predicted octanol–water partition coefficient (Wildman–Crippen LogP) is 3.85. The smallest absolute Gasteiger partial charge is 0.164 e. The van der Waals surface area contributed by atoms with Crippen molar-refractivity contribution < 1.29 is 0 Å².